The van der Waals surface area contributed by atoms with Crippen LogP contribution in [0.3, 0.4) is 0 Å². The molecule has 0 heterocycles. The Morgan fingerprint density at radius 3 is 2.03 bits per heavy atom. The highest BCUT2D eigenvalue weighted by atomic mass is 19.1. The van der Waals surface area contributed by atoms with Crippen molar-refractivity contribution < 1.29 is 28.6 Å². The monoisotopic (exact) mass is 432 g/mol. The van der Waals surface area contributed by atoms with Gasteiger partial charge in [0.2, 0.25) is 0 Å². The van der Waals surface area contributed by atoms with E-state index in [1.807, 2.05) is 12.1 Å². The van der Waals surface area contributed by atoms with Crippen LogP contribution < -0.4 is 4.74 Å². The lowest BCUT2D eigenvalue weighted by atomic mass is 9.50. The summed E-state index contributed by atoms with van der Waals surface area (Å²) in [6.45, 7) is 1.85. The number of ether oxygens (including phenoxy) is 1. The van der Waals surface area contributed by atoms with Crippen molar-refractivity contribution in [2.45, 2.75) is 24.7 Å². The number of aromatic carboxylic acids is 1. The van der Waals surface area contributed by atoms with Gasteiger partial charge < -0.3 is 9.84 Å². The molecule has 1 aliphatic carbocycles. The first kappa shape index (κ1) is 21.4. The molecule has 1 fully saturated rings. The molecule has 0 unspecified atom stereocenters. The van der Waals surface area contributed by atoms with Gasteiger partial charge in [-0.1, -0.05) is 42.5 Å². The lowest BCUT2D eigenvalue weighted by molar-refractivity contribution is -0.126. The Kier molecular flexibility index (Phi) is 5.86. The zero-order valence-corrected chi connectivity index (χ0v) is 17.3. The van der Waals surface area contributed by atoms with Gasteiger partial charge in [-0.15, -0.1) is 0 Å². The van der Waals surface area contributed by atoms with Crippen molar-refractivity contribution >= 4 is 18.2 Å². The van der Waals surface area contributed by atoms with Gasteiger partial charge in [0.05, 0.1) is 5.56 Å². The average Bonchev–Trinajstić information content (AvgIpc) is 2.76. The van der Waals surface area contributed by atoms with Crippen LogP contribution in [0.1, 0.15) is 51.7 Å². The Labute approximate surface area is 184 Å². The molecule has 0 saturated heterocycles. The second kappa shape index (κ2) is 8.75. The standard InChI is InChI=1S/C26H21FO5/c1-15(29)22-23(16-6-8-18(9-7-16)26(30)31)24(17-10-12-19(13-11-17)32-14-28)25(22)20-4-2-3-5-21(20)27/h2-14,22-25H,1H3,(H,30,31)/t22-,23-,24-,25-/m1/s1. The molecule has 32 heavy (non-hydrogen) atoms. The van der Waals surface area contributed by atoms with E-state index in [4.69, 9.17) is 4.74 Å². The molecular weight excluding hydrogens is 411 g/mol. The van der Waals surface area contributed by atoms with Crippen LogP contribution in [-0.2, 0) is 9.59 Å². The number of hydrogen-bond donors (Lipinski definition) is 1. The van der Waals surface area contributed by atoms with Crippen molar-refractivity contribution in [3.63, 3.8) is 0 Å². The first-order valence-corrected chi connectivity index (χ1v) is 10.2. The third-order valence-corrected chi connectivity index (χ3v) is 6.27. The molecule has 5 nitrogen and oxygen atoms in total. The Morgan fingerprint density at radius 1 is 0.875 bits per heavy atom. The number of benzene rings is 3. The highest BCUT2D eigenvalue weighted by Gasteiger charge is 2.54. The van der Waals surface area contributed by atoms with E-state index in [2.05, 4.69) is 0 Å². The molecule has 1 aliphatic rings. The van der Waals surface area contributed by atoms with E-state index < -0.39 is 11.9 Å². The summed E-state index contributed by atoms with van der Waals surface area (Å²) in [7, 11) is 0. The van der Waals surface area contributed by atoms with Crippen molar-refractivity contribution in [2.24, 2.45) is 5.92 Å². The number of carbonyl (C=O) groups excluding carboxylic acids is 2. The van der Waals surface area contributed by atoms with Crippen LogP contribution >= 0.6 is 0 Å². The van der Waals surface area contributed by atoms with Gasteiger partial charge in [-0.2, -0.15) is 0 Å². The summed E-state index contributed by atoms with van der Waals surface area (Å²) in [5.74, 6) is -2.37. The fourth-order valence-corrected chi connectivity index (χ4v) is 4.89. The van der Waals surface area contributed by atoms with Crippen LogP contribution in [0.4, 0.5) is 4.39 Å². The normalized spacial score (nSPS) is 21.9. The molecule has 6 heteroatoms. The Morgan fingerprint density at radius 2 is 1.47 bits per heavy atom. The van der Waals surface area contributed by atoms with Crippen LogP contribution in [-0.4, -0.2) is 23.3 Å². The number of halogens is 1. The molecule has 162 valence electrons. The topological polar surface area (TPSA) is 80.7 Å². The van der Waals surface area contributed by atoms with Gasteiger partial charge >= 0.3 is 5.97 Å². The number of carbonyl (C=O) groups is 3. The zero-order chi connectivity index (χ0) is 22.8. The quantitative estimate of drug-likeness (QED) is 0.536. The van der Waals surface area contributed by atoms with Crippen LogP contribution in [0.15, 0.2) is 72.8 Å². The first-order chi connectivity index (χ1) is 15.4. The van der Waals surface area contributed by atoms with E-state index in [0.717, 1.165) is 11.1 Å². The number of Topliss-reactive ketones (excluding diaryl/α,β-unsaturated/α-hetero) is 1. The van der Waals surface area contributed by atoms with Gasteiger partial charge in [0.1, 0.15) is 17.3 Å². The second-order valence-corrected chi connectivity index (χ2v) is 7.95. The van der Waals surface area contributed by atoms with E-state index in [-0.39, 0.29) is 34.9 Å². The SMILES string of the molecule is CC(=O)[C@@H]1[C@@H](c2ccc(C(=O)O)cc2)[C@@H](c2ccc(OC=O)cc2)[C@@H]1c1ccccc1F. The maximum Gasteiger partial charge on any atom is 0.335 e. The molecule has 0 bridgehead atoms. The van der Waals surface area contributed by atoms with Crippen LogP contribution in [0.5, 0.6) is 5.75 Å². The van der Waals surface area contributed by atoms with Crippen LogP contribution in [0, 0.1) is 11.7 Å². The number of carboxylic acids is 1. The Balaban J connectivity index is 1.81. The van der Waals surface area contributed by atoms with E-state index in [1.165, 1.54) is 25.1 Å². The van der Waals surface area contributed by atoms with Crippen molar-refractivity contribution in [1.29, 1.82) is 0 Å². The molecule has 1 N–H and O–H groups in total. The molecule has 0 aliphatic heterocycles. The summed E-state index contributed by atoms with van der Waals surface area (Å²) in [5.41, 5.74) is 2.33. The molecule has 0 amide bonds. The molecule has 0 spiro atoms. The minimum absolute atomic E-state index is 0.0530. The van der Waals surface area contributed by atoms with Gasteiger partial charge in [-0.05, 0) is 59.9 Å². The highest BCUT2D eigenvalue weighted by Crippen LogP contribution is 2.62. The lowest BCUT2D eigenvalue weighted by Crippen LogP contribution is -2.45. The zero-order valence-electron chi connectivity index (χ0n) is 17.3. The summed E-state index contributed by atoms with van der Waals surface area (Å²) in [5, 5.41) is 9.21. The number of hydrogen-bond acceptors (Lipinski definition) is 4. The predicted octanol–water partition coefficient (Wildman–Crippen LogP) is 4.93. The minimum Gasteiger partial charge on any atom is -0.478 e. The summed E-state index contributed by atoms with van der Waals surface area (Å²) >= 11 is 0. The summed E-state index contributed by atoms with van der Waals surface area (Å²) < 4.78 is 19.7. The van der Waals surface area contributed by atoms with Gasteiger partial charge in [0.15, 0.2) is 0 Å². The van der Waals surface area contributed by atoms with E-state index >= 15 is 0 Å². The fourth-order valence-electron chi connectivity index (χ4n) is 4.89. The summed E-state index contributed by atoms with van der Waals surface area (Å²) in [6.07, 6.45) is 0. The van der Waals surface area contributed by atoms with E-state index in [0.29, 0.717) is 17.8 Å². The van der Waals surface area contributed by atoms with Crippen LogP contribution in [0.25, 0.3) is 0 Å². The molecule has 4 atom stereocenters. The number of ketones is 1. The summed E-state index contributed by atoms with van der Waals surface area (Å²) in [6, 6.07) is 19.9. The predicted molar refractivity (Wildman–Crippen MR) is 115 cm³/mol. The van der Waals surface area contributed by atoms with Crippen LogP contribution in [0.2, 0.25) is 0 Å². The third-order valence-electron chi connectivity index (χ3n) is 6.27. The van der Waals surface area contributed by atoms with Gasteiger partial charge in [-0.25, -0.2) is 9.18 Å². The van der Waals surface area contributed by atoms with Crippen molar-refractivity contribution in [2.75, 3.05) is 0 Å². The maximum atomic E-state index is 14.8. The fraction of sp³-hybridized carbons (Fsp3) is 0.192. The molecule has 0 aromatic heterocycles. The molecule has 3 aromatic rings. The van der Waals surface area contributed by atoms with Crippen molar-refractivity contribution in [3.8, 4) is 5.75 Å². The number of rotatable bonds is 7. The molecular formula is C26H21FO5. The molecule has 1 saturated carbocycles. The smallest absolute Gasteiger partial charge is 0.335 e. The molecule has 4 rings (SSSR count). The van der Waals surface area contributed by atoms with E-state index in [1.54, 1.807) is 42.5 Å². The maximum absolute atomic E-state index is 14.8. The van der Waals surface area contributed by atoms with Crippen molar-refractivity contribution in [1.82, 2.24) is 0 Å². The Hall–Kier alpha value is -3.80. The summed E-state index contributed by atoms with van der Waals surface area (Å²) in [4.78, 5) is 34.6. The van der Waals surface area contributed by atoms with Gasteiger partial charge in [-0.3, -0.25) is 9.59 Å². The highest BCUT2D eigenvalue weighted by molar-refractivity contribution is 5.88. The largest absolute Gasteiger partial charge is 0.478 e. The van der Waals surface area contributed by atoms with Gasteiger partial charge in [0.25, 0.3) is 6.47 Å². The average molecular weight is 432 g/mol. The minimum atomic E-state index is -1.03. The van der Waals surface area contributed by atoms with Gasteiger partial charge in [0, 0.05) is 17.8 Å². The second-order valence-electron chi connectivity index (χ2n) is 7.95. The van der Waals surface area contributed by atoms with Crippen molar-refractivity contribution in [3.05, 3.63) is 101 Å². The lowest BCUT2D eigenvalue weighted by Gasteiger charge is -2.52. The Bertz CT molecular complexity index is 1150. The molecule has 3 aromatic carbocycles. The first-order valence-electron chi connectivity index (χ1n) is 10.2. The van der Waals surface area contributed by atoms with E-state index in [9.17, 15) is 23.9 Å². The third kappa shape index (κ3) is 3.80. The molecule has 0 radical (unpaired) electrons. The number of carboxylic acid groups (broad SMARTS) is 1.